The highest BCUT2D eigenvalue weighted by Gasteiger charge is 2.23. The number of anilines is 1. The van der Waals surface area contributed by atoms with Crippen LogP contribution in [0.2, 0.25) is 0 Å². The Kier molecular flexibility index (Phi) is 9.56. The number of imidazole rings is 1. The first-order valence-electron chi connectivity index (χ1n) is 16.0. The van der Waals surface area contributed by atoms with Gasteiger partial charge in [0.15, 0.2) is 17.8 Å². The van der Waals surface area contributed by atoms with Gasteiger partial charge >= 0.3 is 5.69 Å². The summed E-state index contributed by atoms with van der Waals surface area (Å²) in [5.41, 5.74) is 1.97. The molecule has 1 amide bonds. The topological polar surface area (TPSA) is 130 Å². The van der Waals surface area contributed by atoms with E-state index >= 15 is 0 Å². The van der Waals surface area contributed by atoms with Crippen molar-refractivity contribution in [2.24, 2.45) is 7.05 Å². The molecular weight excluding hydrogens is 631 g/mol. The second kappa shape index (κ2) is 14.1. The van der Waals surface area contributed by atoms with E-state index in [0.29, 0.717) is 78.3 Å². The Morgan fingerprint density at radius 1 is 0.939 bits per heavy atom. The Labute approximate surface area is 281 Å². The Morgan fingerprint density at radius 3 is 2.37 bits per heavy atom. The Bertz CT molecular complexity index is 2150. The average molecular weight is 669 g/mol. The SMILES string of the molecule is CCn1c(=O)c2c(nc(/C=C/c3ccc(OCC(=O)N4CCN(c5cc(-c6cc(F)ccc6OC)ncn5)CC4)cc3)n2C)n(CC)c1=O. The van der Waals surface area contributed by atoms with Crippen molar-refractivity contribution in [3.63, 3.8) is 0 Å². The maximum atomic E-state index is 13.9. The van der Waals surface area contributed by atoms with E-state index in [0.717, 1.165) is 5.56 Å². The Hall–Kier alpha value is -5.79. The molecule has 1 aliphatic rings. The number of halogens is 1. The lowest BCUT2D eigenvalue weighted by molar-refractivity contribution is -0.133. The molecular formula is C35H37FN8O5. The smallest absolute Gasteiger partial charge is 0.332 e. The molecule has 13 nitrogen and oxygen atoms in total. The highest BCUT2D eigenvalue weighted by molar-refractivity contribution is 5.79. The number of carbonyl (C=O) groups is 1. The van der Waals surface area contributed by atoms with Gasteiger partial charge in [-0.25, -0.2) is 24.1 Å². The van der Waals surface area contributed by atoms with Gasteiger partial charge < -0.3 is 23.8 Å². The van der Waals surface area contributed by atoms with Crippen LogP contribution < -0.4 is 25.6 Å². The molecule has 0 atom stereocenters. The predicted molar refractivity (Wildman–Crippen MR) is 184 cm³/mol. The molecule has 1 fully saturated rings. The molecule has 49 heavy (non-hydrogen) atoms. The molecule has 254 valence electrons. The van der Waals surface area contributed by atoms with E-state index in [9.17, 15) is 18.8 Å². The molecule has 4 heterocycles. The van der Waals surface area contributed by atoms with Gasteiger partial charge in [-0.05, 0) is 55.8 Å². The summed E-state index contributed by atoms with van der Waals surface area (Å²) < 4.78 is 29.5. The molecule has 14 heteroatoms. The van der Waals surface area contributed by atoms with Gasteiger partial charge in [-0.3, -0.25) is 18.7 Å². The first kappa shape index (κ1) is 33.1. The summed E-state index contributed by atoms with van der Waals surface area (Å²) in [5, 5.41) is 0. The van der Waals surface area contributed by atoms with Crippen molar-refractivity contribution in [3.8, 4) is 22.8 Å². The first-order chi connectivity index (χ1) is 23.7. The van der Waals surface area contributed by atoms with Gasteiger partial charge in [-0.1, -0.05) is 18.2 Å². The number of aromatic nitrogens is 6. The van der Waals surface area contributed by atoms with Crippen LogP contribution in [0, 0.1) is 5.82 Å². The van der Waals surface area contributed by atoms with Crippen molar-refractivity contribution in [1.82, 2.24) is 33.6 Å². The summed E-state index contributed by atoms with van der Waals surface area (Å²) in [4.78, 5) is 55.8. The number of piperazine rings is 1. The normalized spacial score (nSPS) is 13.4. The van der Waals surface area contributed by atoms with Gasteiger partial charge in [0.05, 0.1) is 12.8 Å². The standard InChI is InChI=1S/C35H37FN8O5/c1-5-43-33-32(34(46)44(6-2)35(43)47)40(3)29(39-33)14-9-23-7-11-25(12-8-23)49-21-31(45)42-17-15-41(16-18-42)30-20-27(37-22-38-30)26-19-24(36)10-13-28(26)48-4/h7-14,19-20,22H,5-6,15-18,21H2,1-4H3/b14-9+. The summed E-state index contributed by atoms with van der Waals surface area (Å²) in [5.74, 6) is 1.79. The molecule has 3 aromatic heterocycles. The third-order valence-electron chi connectivity index (χ3n) is 8.62. The second-order valence-corrected chi connectivity index (χ2v) is 11.4. The molecule has 0 spiro atoms. The lowest BCUT2D eigenvalue weighted by Crippen LogP contribution is -2.50. The molecule has 6 rings (SSSR count). The maximum Gasteiger partial charge on any atom is 0.332 e. The summed E-state index contributed by atoms with van der Waals surface area (Å²) in [6, 6.07) is 13.4. The van der Waals surface area contributed by atoms with E-state index in [4.69, 9.17) is 9.47 Å². The molecule has 0 saturated carbocycles. The van der Waals surface area contributed by atoms with Crippen LogP contribution in [0.25, 0.3) is 34.6 Å². The molecule has 2 aromatic carbocycles. The van der Waals surface area contributed by atoms with Crippen molar-refractivity contribution < 1.29 is 18.7 Å². The van der Waals surface area contributed by atoms with Crippen LogP contribution in [0.5, 0.6) is 11.5 Å². The number of aryl methyl sites for hydroxylation is 2. The molecule has 0 aliphatic carbocycles. The maximum absolute atomic E-state index is 13.9. The molecule has 1 aliphatic heterocycles. The van der Waals surface area contributed by atoms with Crippen LogP contribution in [0.4, 0.5) is 10.2 Å². The quantitative estimate of drug-likeness (QED) is 0.220. The number of hydrogen-bond donors (Lipinski definition) is 0. The molecule has 0 N–H and O–H groups in total. The van der Waals surface area contributed by atoms with Crippen molar-refractivity contribution >= 4 is 35.0 Å². The summed E-state index contributed by atoms with van der Waals surface area (Å²) in [6.45, 7) is 6.33. The molecule has 0 bridgehead atoms. The van der Waals surface area contributed by atoms with E-state index in [-0.39, 0.29) is 36.1 Å². The van der Waals surface area contributed by atoms with Crippen LogP contribution in [-0.4, -0.2) is 79.4 Å². The van der Waals surface area contributed by atoms with Crippen LogP contribution in [0.1, 0.15) is 25.2 Å². The number of benzene rings is 2. The molecule has 0 radical (unpaired) electrons. The van der Waals surface area contributed by atoms with E-state index in [1.807, 2.05) is 25.1 Å². The zero-order chi connectivity index (χ0) is 34.7. The van der Waals surface area contributed by atoms with Gasteiger partial charge in [0.2, 0.25) is 0 Å². The fraction of sp³-hybridized carbons (Fsp3) is 0.314. The van der Waals surface area contributed by atoms with Crippen molar-refractivity contribution in [3.05, 3.63) is 92.9 Å². The molecule has 5 aromatic rings. The number of methoxy groups -OCH3 is 1. The lowest BCUT2D eigenvalue weighted by Gasteiger charge is -2.35. The number of rotatable bonds is 10. The number of fused-ring (bicyclic) bond motifs is 1. The highest BCUT2D eigenvalue weighted by atomic mass is 19.1. The summed E-state index contributed by atoms with van der Waals surface area (Å²) in [7, 11) is 3.28. The van der Waals surface area contributed by atoms with E-state index in [1.165, 1.54) is 34.7 Å². The van der Waals surface area contributed by atoms with E-state index < -0.39 is 0 Å². The van der Waals surface area contributed by atoms with Crippen LogP contribution in [0.3, 0.4) is 0 Å². The highest BCUT2D eigenvalue weighted by Crippen LogP contribution is 2.31. The number of carbonyl (C=O) groups excluding carboxylic acids is 1. The fourth-order valence-electron chi connectivity index (χ4n) is 5.91. The van der Waals surface area contributed by atoms with E-state index in [1.54, 1.807) is 53.8 Å². The van der Waals surface area contributed by atoms with Gasteiger partial charge in [0, 0.05) is 57.9 Å². The minimum absolute atomic E-state index is 0.0967. The van der Waals surface area contributed by atoms with Crippen LogP contribution in [-0.2, 0) is 24.9 Å². The minimum atomic E-state index is -0.385. The molecule has 1 saturated heterocycles. The van der Waals surface area contributed by atoms with Gasteiger partial charge in [0.25, 0.3) is 11.5 Å². The monoisotopic (exact) mass is 668 g/mol. The number of amides is 1. The summed E-state index contributed by atoms with van der Waals surface area (Å²) in [6.07, 6.45) is 5.09. The minimum Gasteiger partial charge on any atom is -0.496 e. The Morgan fingerprint density at radius 2 is 1.67 bits per heavy atom. The van der Waals surface area contributed by atoms with Gasteiger partial charge in [-0.2, -0.15) is 0 Å². The first-order valence-corrected chi connectivity index (χ1v) is 16.0. The number of nitrogens with zero attached hydrogens (tertiary/aromatic N) is 8. The largest absolute Gasteiger partial charge is 0.496 e. The van der Waals surface area contributed by atoms with Crippen molar-refractivity contribution in [1.29, 1.82) is 0 Å². The average Bonchev–Trinajstić information content (AvgIpc) is 3.46. The van der Waals surface area contributed by atoms with Crippen molar-refractivity contribution in [2.45, 2.75) is 26.9 Å². The Balaban J connectivity index is 1.04. The third kappa shape index (κ3) is 6.66. The zero-order valence-electron chi connectivity index (χ0n) is 27.8. The van der Waals surface area contributed by atoms with Crippen molar-refractivity contribution in [2.75, 3.05) is 44.8 Å². The van der Waals surface area contributed by atoms with Gasteiger partial charge in [0.1, 0.15) is 35.3 Å². The van der Waals surface area contributed by atoms with Crippen LogP contribution in [0.15, 0.2) is 64.4 Å². The fourth-order valence-corrected chi connectivity index (χ4v) is 5.91. The zero-order valence-corrected chi connectivity index (χ0v) is 27.8. The lowest BCUT2D eigenvalue weighted by atomic mass is 10.1. The number of hydrogen-bond acceptors (Lipinski definition) is 9. The van der Waals surface area contributed by atoms with Gasteiger partial charge in [-0.15, -0.1) is 0 Å². The second-order valence-electron chi connectivity index (χ2n) is 11.4. The molecule has 0 unspecified atom stereocenters. The number of ether oxygens (including phenoxy) is 2. The predicted octanol–water partition coefficient (Wildman–Crippen LogP) is 3.44. The van der Waals surface area contributed by atoms with E-state index in [2.05, 4.69) is 19.9 Å². The van der Waals surface area contributed by atoms with Crippen LogP contribution >= 0.6 is 0 Å². The third-order valence-corrected chi connectivity index (χ3v) is 8.62. The summed E-state index contributed by atoms with van der Waals surface area (Å²) >= 11 is 0.